The number of ether oxygens (including phenoxy) is 5. The molecule has 0 aromatic heterocycles. The van der Waals surface area contributed by atoms with Crippen molar-refractivity contribution in [3.63, 3.8) is 0 Å². The Balaban J connectivity index is 1.60. The van der Waals surface area contributed by atoms with Crippen LogP contribution < -0.4 is 23.7 Å². The molecule has 2 aromatic rings. The minimum absolute atomic E-state index is 0.128. The van der Waals surface area contributed by atoms with E-state index >= 15 is 0 Å². The van der Waals surface area contributed by atoms with E-state index in [2.05, 4.69) is 20.8 Å². The number of hydrogen-bond donors (Lipinski definition) is 0. The van der Waals surface area contributed by atoms with Gasteiger partial charge in [-0.3, -0.25) is 4.79 Å². The molecular formula is C29H34O6. The van der Waals surface area contributed by atoms with E-state index < -0.39 is 5.60 Å². The maximum Gasteiger partial charge on any atom is 0.197 e. The van der Waals surface area contributed by atoms with Crippen LogP contribution in [0.5, 0.6) is 28.7 Å². The Morgan fingerprint density at radius 3 is 2.31 bits per heavy atom. The van der Waals surface area contributed by atoms with E-state index in [0.29, 0.717) is 51.5 Å². The van der Waals surface area contributed by atoms with Crippen molar-refractivity contribution in [2.24, 2.45) is 17.3 Å². The first-order valence-corrected chi connectivity index (χ1v) is 12.1. The molecule has 1 aliphatic carbocycles. The van der Waals surface area contributed by atoms with E-state index in [0.717, 1.165) is 17.7 Å². The minimum atomic E-state index is -0.680. The summed E-state index contributed by atoms with van der Waals surface area (Å²) in [4.78, 5) is 14.1. The standard InChI is InChI=1S/C29H34O6/c1-15-11-18-20(34-27-24(15)29(27,4)5)10-9-16(26(18)33-8)25(30)19-14-28(2,3)35-21-13-23(32-7)22(31-6)12-17(19)21/h9-10,12-15,24,27H,11H2,1-8H3/t15?,24-,27-/m0/s1. The number of hydrogen-bond acceptors (Lipinski definition) is 6. The van der Waals surface area contributed by atoms with Gasteiger partial charge in [-0.25, -0.2) is 0 Å². The maximum absolute atomic E-state index is 14.1. The van der Waals surface area contributed by atoms with Crippen molar-refractivity contribution in [2.45, 2.75) is 52.7 Å². The van der Waals surface area contributed by atoms with E-state index in [-0.39, 0.29) is 17.3 Å². The van der Waals surface area contributed by atoms with Gasteiger partial charge in [0.25, 0.3) is 0 Å². The Bertz CT molecular complexity index is 1240. The van der Waals surface area contributed by atoms with Crippen LogP contribution >= 0.6 is 0 Å². The quantitative estimate of drug-likeness (QED) is 0.510. The molecule has 5 rings (SSSR count). The molecular weight excluding hydrogens is 444 g/mol. The molecule has 2 aromatic carbocycles. The number of carbonyl (C=O) groups is 1. The van der Waals surface area contributed by atoms with E-state index in [1.807, 2.05) is 32.1 Å². The molecule has 0 bridgehead atoms. The third kappa shape index (κ3) is 3.65. The van der Waals surface area contributed by atoms with Crippen LogP contribution in [0.25, 0.3) is 5.57 Å². The SMILES string of the molecule is COc1cc2c(cc1OC)C(C(=O)c1ccc3c(c1OC)CC(C)[C@H]1[C@H](O3)C1(C)C)=CC(C)(C)O2. The fraction of sp³-hybridized carbons (Fsp3) is 0.483. The summed E-state index contributed by atoms with van der Waals surface area (Å²) in [6.07, 6.45) is 2.86. The average Bonchev–Trinajstić information content (AvgIpc) is 3.41. The third-order valence-corrected chi connectivity index (χ3v) is 7.75. The maximum atomic E-state index is 14.1. The predicted molar refractivity (Wildman–Crippen MR) is 134 cm³/mol. The highest BCUT2D eigenvalue weighted by Gasteiger charge is 2.63. The Morgan fingerprint density at radius 2 is 1.66 bits per heavy atom. The van der Waals surface area contributed by atoms with Gasteiger partial charge in [-0.2, -0.15) is 0 Å². The molecule has 2 aliphatic heterocycles. The monoisotopic (exact) mass is 478 g/mol. The molecule has 1 fully saturated rings. The van der Waals surface area contributed by atoms with Gasteiger partial charge in [-0.15, -0.1) is 0 Å². The number of Topliss-reactive ketones (excluding diaryl/α,β-unsaturated/α-hetero) is 1. The molecule has 3 aliphatic rings. The first kappa shape index (κ1) is 23.6. The molecule has 0 saturated heterocycles. The van der Waals surface area contributed by atoms with Gasteiger partial charge >= 0.3 is 0 Å². The molecule has 0 radical (unpaired) electrons. The summed E-state index contributed by atoms with van der Waals surface area (Å²) in [6, 6.07) is 7.32. The summed E-state index contributed by atoms with van der Waals surface area (Å²) < 4.78 is 29.4. The van der Waals surface area contributed by atoms with Gasteiger partial charge in [0.2, 0.25) is 0 Å². The number of allylic oxidation sites excluding steroid dienone is 1. The lowest BCUT2D eigenvalue weighted by atomic mass is 9.86. The van der Waals surface area contributed by atoms with Crippen molar-refractivity contribution in [1.29, 1.82) is 0 Å². The molecule has 1 saturated carbocycles. The van der Waals surface area contributed by atoms with Crippen molar-refractivity contribution in [3.8, 4) is 28.7 Å². The van der Waals surface area contributed by atoms with Crippen LogP contribution in [0.1, 0.15) is 56.1 Å². The van der Waals surface area contributed by atoms with Gasteiger partial charge in [-0.1, -0.05) is 20.8 Å². The molecule has 3 atom stereocenters. The van der Waals surface area contributed by atoms with E-state index in [1.165, 1.54) is 0 Å². The van der Waals surface area contributed by atoms with E-state index in [4.69, 9.17) is 23.7 Å². The largest absolute Gasteiger partial charge is 0.496 e. The molecule has 2 heterocycles. The highest BCUT2D eigenvalue weighted by atomic mass is 16.5. The average molecular weight is 479 g/mol. The van der Waals surface area contributed by atoms with Crippen molar-refractivity contribution >= 4 is 11.4 Å². The zero-order valence-corrected chi connectivity index (χ0v) is 21.8. The Hall–Kier alpha value is -3.15. The summed E-state index contributed by atoms with van der Waals surface area (Å²) in [7, 11) is 4.77. The van der Waals surface area contributed by atoms with Crippen LogP contribution in [-0.2, 0) is 6.42 Å². The molecule has 186 valence electrons. The van der Waals surface area contributed by atoms with Gasteiger partial charge in [0, 0.05) is 34.1 Å². The molecule has 0 spiro atoms. The normalized spacial score (nSPS) is 24.8. The summed E-state index contributed by atoms with van der Waals surface area (Å²) in [5.41, 5.74) is 2.18. The van der Waals surface area contributed by atoms with Crippen LogP contribution in [-0.4, -0.2) is 38.8 Å². The topological polar surface area (TPSA) is 63.2 Å². The Kier molecular flexibility index (Phi) is 5.35. The first-order chi connectivity index (χ1) is 16.5. The second-order valence-corrected chi connectivity index (χ2v) is 11.0. The van der Waals surface area contributed by atoms with Crippen LogP contribution in [0.15, 0.2) is 30.3 Å². The lowest BCUT2D eigenvalue weighted by molar-refractivity contribution is 0.104. The smallest absolute Gasteiger partial charge is 0.197 e. The number of fused-ring (bicyclic) bond motifs is 3. The number of ketones is 1. The zero-order chi connectivity index (χ0) is 25.3. The molecule has 35 heavy (non-hydrogen) atoms. The van der Waals surface area contributed by atoms with Crippen LogP contribution in [0.2, 0.25) is 0 Å². The summed E-state index contributed by atoms with van der Waals surface area (Å²) in [6.45, 7) is 10.6. The molecule has 0 N–H and O–H groups in total. The van der Waals surface area contributed by atoms with Crippen molar-refractivity contribution in [1.82, 2.24) is 0 Å². The van der Waals surface area contributed by atoms with Gasteiger partial charge in [-0.05, 0) is 50.5 Å². The lowest BCUT2D eigenvalue weighted by Crippen LogP contribution is -2.30. The number of rotatable bonds is 5. The van der Waals surface area contributed by atoms with Crippen molar-refractivity contribution in [3.05, 3.63) is 47.0 Å². The minimum Gasteiger partial charge on any atom is -0.496 e. The second-order valence-electron chi connectivity index (χ2n) is 11.0. The van der Waals surface area contributed by atoms with E-state index in [9.17, 15) is 4.79 Å². The molecule has 6 nitrogen and oxygen atoms in total. The fourth-order valence-electron chi connectivity index (χ4n) is 6.02. The highest BCUT2D eigenvalue weighted by Crippen LogP contribution is 2.61. The second kappa shape index (κ2) is 7.94. The Labute approximate surface area is 207 Å². The first-order valence-electron chi connectivity index (χ1n) is 12.1. The molecule has 1 unspecified atom stereocenters. The number of methoxy groups -OCH3 is 3. The lowest BCUT2D eigenvalue weighted by Gasteiger charge is -2.31. The number of benzene rings is 2. The fourth-order valence-corrected chi connectivity index (χ4v) is 6.02. The van der Waals surface area contributed by atoms with Gasteiger partial charge in [0.05, 0.1) is 26.9 Å². The summed E-state index contributed by atoms with van der Waals surface area (Å²) in [5.74, 6) is 3.85. The third-order valence-electron chi connectivity index (χ3n) is 7.75. The van der Waals surface area contributed by atoms with Crippen molar-refractivity contribution in [2.75, 3.05) is 21.3 Å². The van der Waals surface area contributed by atoms with Crippen LogP contribution in [0, 0.1) is 17.3 Å². The Morgan fingerprint density at radius 1 is 0.971 bits per heavy atom. The highest BCUT2D eigenvalue weighted by molar-refractivity contribution is 6.31. The van der Waals surface area contributed by atoms with E-state index in [1.54, 1.807) is 33.5 Å². The van der Waals surface area contributed by atoms with Gasteiger partial charge < -0.3 is 23.7 Å². The van der Waals surface area contributed by atoms with Crippen LogP contribution in [0.4, 0.5) is 0 Å². The van der Waals surface area contributed by atoms with Crippen molar-refractivity contribution < 1.29 is 28.5 Å². The summed E-state index contributed by atoms with van der Waals surface area (Å²) in [5, 5.41) is 0. The molecule has 6 heteroatoms. The zero-order valence-electron chi connectivity index (χ0n) is 21.8. The van der Waals surface area contributed by atoms with Crippen LogP contribution in [0.3, 0.4) is 0 Å². The summed E-state index contributed by atoms with van der Waals surface area (Å²) >= 11 is 0. The molecule has 0 amide bonds. The van der Waals surface area contributed by atoms with Gasteiger partial charge in [0.1, 0.15) is 29.0 Å². The predicted octanol–water partition coefficient (Wildman–Crippen LogP) is 5.75. The number of carbonyl (C=O) groups excluding carboxylic acids is 1. The van der Waals surface area contributed by atoms with Gasteiger partial charge in [0.15, 0.2) is 17.3 Å².